The maximum Gasteiger partial charge on any atom is 0.251 e. The van der Waals surface area contributed by atoms with E-state index in [1.807, 2.05) is 57.2 Å². The fourth-order valence-corrected chi connectivity index (χ4v) is 2.91. The van der Waals surface area contributed by atoms with E-state index in [-0.39, 0.29) is 17.4 Å². The summed E-state index contributed by atoms with van der Waals surface area (Å²) in [6.45, 7) is 6.02. The molecule has 0 saturated heterocycles. The Balaban J connectivity index is 1.61. The molecule has 2 amide bonds. The average molecular weight is 374 g/mol. The molecule has 0 heterocycles. The van der Waals surface area contributed by atoms with Crippen LogP contribution >= 0.6 is 0 Å². The summed E-state index contributed by atoms with van der Waals surface area (Å²) in [7, 11) is 0. The van der Waals surface area contributed by atoms with E-state index in [2.05, 4.69) is 16.7 Å². The monoisotopic (exact) mass is 374 g/mol. The number of amides is 2. The summed E-state index contributed by atoms with van der Waals surface area (Å²) >= 11 is 0. The Labute approximate surface area is 166 Å². The maximum absolute atomic E-state index is 12.4. The van der Waals surface area contributed by atoms with E-state index in [4.69, 9.17) is 0 Å². The Bertz CT molecular complexity index is 991. The zero-order valence-electron chi connectivity index (χ0n) is 16.6. The summed E-state index contributed by atoms with van der Waals surface area (Å²) in [6, 6.07) is 21.1. The van der Waals surface area contributed by atoms with E-state index in [0.29, 0.717) is 17.7 Å². The molecule has 3 aromatic rings. The highest BCUT2D eigenvalue weighted by Crippen LogP contribution is 2.17. The largest absolute Gasteiger partial charge is 0.347 e. The van der Waals surface area contributed by atoms with Crippen LogP contribution < -0.4 is 10.6 Å². The first-order valence-electron chi connectivity index (χ1n) is 9.56. The predicted octanol–water partition coefficient (Wildman–Crippen LogP) is 4.94. The van der Waals surface area contributed by atoms with Gasteiger partial charge in [0.2, 0.25) is 5.91 Å². The zero-order valence-corrected chi connectivity index (χ0v) is 16.6. The number of hydrogen-bond acceptors (Lipinski definition) is 2. The van der Waals surface area contributed by atoms with E-state index in [1.165, 1.54) is 0 Å². The lowest BCUT2D eigenvalue weighted by Gasteiger charge is -2.24. The lowest BCUT2D eigenvalue weighted by molar-refractivity contribution is -0.115. The molecule has 0 saturated carbocycles. The van der Waals surface area contributed by atoms with Crippen molar-refractivity contribution in [1.82, 2.24) is 5.32 Å². The van der Waals surface area contributed by atoms with Gasteiger partial charge >= 0.3 is 0 Å². The molecule has 0 spiro atoms. The highest BCUT2D eigenvalue weighted by Gasteiger charge is 2.18. The topological polar surface area (TPSA) is 58.2 Å². The van der Waals surface area contributed by atoms with E-state index >= 15 is 0 Å². The van der Waals surface area contributed by atoms with E-state index in [1.54, 1.807) is 24.3 Å². The minimum Gasteiger partial charge on any atom is -0.347 e. The quantitative estimate of drug-likeness (QED) is 0.642. The van der Waals surface area contributed by atoms with Crippen molar-refractivity contribution >= 4 is 28.3 Å². The van der Waals surface area contributed by atoms with Gasteiger partial charge < -0.3 is 10.6 Å². The summed E-state index contributed by atoms with van der Waals surface area (Å²) in [6.07, 6.45) is 1.15. The molecule has 0 bridgehead atoms. The summed E-state index contributed by atoms with van der Waals surface area (Å²) in [5, 5.41) is 8.18. The van der Waals surface area contributed by atoms with Gasteiger partial charge in [-0.3, -0.25) is 9.59 Å². The standard InChI is InChI=1S/C24H26N2O2/c1-4-24(2,3)26-23(28)19-11-13-21(14-12-19)25-22(27)16-17-9-10-18-7-5-6-8-20(18)15-17/h5-15H,4,16H2,1-3H3,(H,25,27)(H,26,28). The third-order valence-corrected chi connectivity index (χ3v) is 4.95. The minimum atomic E-state index is -0.246. The molecular formula is C24H26N2O2. The van der Waals surface area contributed by atoms with Gasteiger partial charge in [0.25, 0.3) is 5.91 Å². The number of fused-ring (bicyclic) bond motifs is 1. The van der Waals surface area contributed by atoms with Crippen LogP contribution in [0.3, 0.4) is 0 Å². The average Bonchev–Trinajstić information content (AvgIpc) is 2.68. The van der Waals surface area contributed by atoms with Gasteiger partial charge in [0, 0.05) is 16.8 Å². The number of nitrogens with one attached hydrogen (secondary N) is 2. The van der Waals surface area contributed by atoms with Crippen LogP contribution in [0.25, 0.3) is 10.8 Å². The van der Waals surface area contributed by atoms with Gasteiger partial charge in [0.1, 0.15) is 0 Å². The van der Waals surface area contributed by atoms with Crippen molar-refractivity contribution in [3.63, 3.8) is 0 Å². The second kappa shape index (κ2) is 8.26. The Morgan fingerprint density at radius 1 is 0.893 bits per heavy atom. The lowest BCUT2D eigenvalue weighted by Crippen LogP contribution is -2.42. The Morgan fingerprint density at radius 3 is 2.25 bits per heavy atom. The second-order valence-corrected chi connectivity index (χ2v) is 7.68. The number of carbonyl (C=O) groups excluding carboxylic acids is 2. The van der Waals surface area contributed by atoms with Gasteiger partial charge in [-0.1, -0.05) is 49.4 Å². The van der Waals surface area contributed by atoms with Crippen LogP contribution in [0.4, 0.5) is 5.69 Å². The molecule has 0 aliphatic rings. The zero-order chi connectivity index (χ0) is 20.1. The van der Waals surface area contributed by atoms with Crippen LogP contribution in [-0.2, 0) is 11.2 Å². The molecule has 4 nitrogen and oxygen atoms in total. The number of anilines is 1. The molecule has 0 aromatic heterocycles. The molecule has 28 heavy (non-hydrogen) atoms. The Kier molecular flexibility index (Phi) is 5.78. The number of carbonyl (C=O) groups is 2. The fourth-order valence-electron chi connectivity index (χ4n) is 2.91. The van der Waals surface area contributed by atoms with E-state index < -0.39 is 0 Å². The van der Waals surface area contributed by atoms with Gasteiger partial charge in [-0.25, -0.2) is 0 Å². The molecule has 0 aliphatic heterocycles. The summed E-state index contributed by atoms with van der Waals surface area (Å²) < 4.78 is 0. The molecular weight excluding hydrogens is 348 g/mol. The summed E-state index contributed by atoms with van der Waals surface area (Å²) in [5.41, 5.74) is 1.98. The first-order valence-corrected chi connectivity index (χ1v) is 9.56. The van der Waals surface area contributed by atoms with Gasteiger partial charge in [0.05, 0.1) is 6.42 Å². The third kappa shape index (κ3) is 4.97. The van der Waals surface area contributed by atoms with Crippen LogP contribution in [0.1, 0.15) is 43.1 Å². The molecule has 0 radical (unpaired) electrons. The van der Waals surface area contributed by atoms with Gasteiger partial charge in [-0.2, -0.15) is 0 Å². The van der Waals surface area contributed by atoms with Crippen molar-refractivity contribution in [1.29, 1.82) is 0 Å². The highest BCUT2D eigenvalue weighted by molar-refractivity contribution is 5.96. The molecule has 0 atom stereocenters. The normalized spacial score (nSPS) is 11.2. The Morgan fingerprint density at radius 2 is 1.57 bits per heavy atom. The molecule has 0 aliphatic carbocycles. The van der Waals surface area contributed by atoms with Crippen molar-refractivity contribution in [2.45, 2.75) is 39.2 Å². The first kappa shape index (κ1) is 19.6. The van der Waals surface area contributed by atoms with Gasteiger partial charge in [-0.05, 0) is 60.9 Å². The van der Waals surface area contributed by atoms with Crippen LogP contribution in [0.2, 0.25) is 0 Å². The molecule has 4 heteroatoms. The second-order valence-electron chi connectivity index (χ2n) is 7.68. The number of rotatable bonds is 6. The number of benzene rings is 3. The SMILES string of the molecule is CCC(C)(C)NC(=O)c1ccc(NC(=O)Cc2ccc3ccccc3c2)cc1. The van der Waals surface area contributed by atoms with Gasteiger partial charge in [0.15, 0.2) is 0 Å². The molecule has 2 N–H and O–H groups in total. The van der Waals surface area contributed by atoms with E-state index in [9.17, 15) is 9.59 Å². The fraction of sp³-hybridized carbons (Fsp3) is 0.250. The number of hydrogen-bond donors (Lipinski definition) is 2. The third-order valence-electron chi connectivity index (χ3n) is 4.95. The van der Waals surface area contributed by atoms with Crippen molar-refractivity contribution in [3.8, 4) is 0 Å². The van der Waals surface area contributed by atoms with E-state index in [0.717, 1.165) is 22.8 Å². The predicted molar refractivity (Wildman–Crippen MR) is 115 cm³/mol. The molecule has 0 unspecified atom stereocenters. The molecule has 0 fully saturated rings. The smallest absolute Gasteiger partial charge is 0.251 e. The minimum absolute atomic E-state index is 0.0837. The van der Waals surface area contributed by atoms with Crippen LogP contribution in [-0.4, -0.2) is 17.4 Å². The van der Waals surface area contributed by atoms with Crippen molar-refractivity contribution in [3.05, 3.63) is 77.9 Å². The van der Waals surface area contributed by atoms with Crippen LogP contribution in [0.15, 0.2) is 66.7 Å². The Hall–Kier alpha value is -3.14. The summed E-state index contributed by atoms with van der Waals surface area (Å²) in [4.78, 5) is 24.7. The van der Waals surface area contributed by atoms with Crippen LogP contribution in [0.5, 0.6) is 0 Å². The first-order chi connectivity index (χ1) is 13.4. The molecule has 144 valence electrons. The molecule has 3 rings (SSSR count). The van der Waals surface area contributed by atoms with Crippen molar-refractivity contribution in [2.24, 2.45) is 0 Å². The maximum atomic E-state index is 12.4. The summed E-state index contributed by atoms with van der Waals surface area (Å²) in [5.74, 6) is -0.194. The van der Waals surface area contributed by atoms with Crippen LogP contribution in [0, 0.1) is 0 Å². The molecule has 3 aromatic carbocycles. The highest BCUT2D eigenvalue weighted by atomic mass is 16.2. The lowest BCUT2D eigenvalue weighted by atomic mass is 10.0. The van der Waals surface area contributed by atoms with Gasteiger partial charge in [-0.15, -0.1) is 0 Å². The van der Waals surface area contributed by atoms with Crippen molar-refractivity contribution < 1.29 is 9.59 Å². The van der Waals surface area contributed by atoms with Crippen molar-refractivity contribution in [2.75, 3.05) is 5.32 Å².